The number of rotatable bonds is 6. The van der Waals surface area contributed by atoms with Crippen LogP contribution in [0, 0.1) is 0 Å². The maximum absolute atomic E-state index is 4.38. The second kappa shape index (κ2) is 6.47. The molecular weight excluding hydrogens is 230 g/mol. The second-order valence-electron chi connectivity index (χ2n) is 3.86. The standard InChI is InChI=1S/C13H17N3S/c1-2-15-12(13-10-14-7-8-16-13)6-5-11-4-3-9-17-11/h3-4,7-10,12,15H,2,5-6H2,1H3. The summed E-state index contributed by atoms with van der Waals surface area (Å²) in [6.45, 7) is 3.07. The van der Waals surface area contributed by atoms with Crippen molar-refractivity contribution in [3.8, 4) is 0 Å². The van der Waals surface area contributed by atoms with Gasteiger partial charge in [0.05, 0.1) is 11.7 Å². The van der Waals surface area contributed by atoms with Gasteiger partial charge in [0.15, 0.2) is 0 Å². The fraction of sp³-hybridized carbons (Fsp3) is 0.385. The molecule has 2 heterocycles. The Morgan fingerprint density at radius 3 is 3.00 bits per heavy atom. The number of nitrogens with zero attached hydrogens (tertiary/aromatic N) is 2. The smallest absolute Gasteiger partial charge is 0.0756 e. The van der Waals surface area contributed by atoms with Gasteiger partial charge in [0.25, 0.3) is 0 Å². The van der Waals surface area contributed by atoms with Crippen LogP contribution in [0.25, 0.3) is 0 Å². The van der Waals surface area contributed by atoms with E-state index in [9.17, 15) is 0 Å². The fourth-order valence-corrected chi connectivity index (χ4v) is 2.56. The van der Waals surface area contributed by atoms with Crippen LogP contribution in [0.15, 0.2) is 36.1 Å². The van der Waals surface area contributed by atoms with Crippen molar-refractivity contribution in [3.63, 3.8) is 0 Å². The molecule has 1 N–H and O–H groups in total. The summed E-state index contributed by atoms with van der Waals surface area (Å²) in [6.07, 6.45) is 7.47. The van der Waals surface area contributed by atoms with Gasteiger partial charge in [-0.05, 0) is 30.8 Å². The van der Waals surface area contributed by atoms with E-state index in [1.54, 1.807) is 12.4 Å². The zero-order chi connectivity index (χ0) is 11.9. The van der Waals surface area contributed by atoms with E-state index in [0.717, 1.165) is 25.1 Å². The van der Waals surface area contributed by atoms with Crippen molar-refractivity contribution in [2.75, 3.05) is 6.54 Å². The van der Waals surface area contributed by atoms with Gasteiger partial charge in [0.2, 0.25) is 0 Å². The lowest BCUT2D eigenvalue weighted by Crippen LogP contribution is -2.22. The molecule has 0 aliphatic rings. The Balaban J connectivity index is 1.98. The average Bonchev–Trinajstić information content (AvgIpc) is 2.88. The van der Waals surface area contributed by atoms with Crippen LogP contribution in [0.1, 0.15) is 30.0 Å². The summed E-state index contributed by atoms with van der Waals surface area (Å²) in [6, 6.07) is 4.59. The lowest BCUT2D eigenvalue weighted by atomic mass is 10.1. The summed E-state index contributed by atoms with van der Waals surface area (Å²) >= 11 is 1.81. The Kier molecular flexibility index (Phi) is 4.64. The molecule has 2 aromatic heterocycles. The quantitative estimate of drug-likeness (QED) is 0.853. The third kappa shape index (κ3) is 3.61. The molecule has 3 nitrogen and oxygen atoms in total. The highest BCUT2D eigenvalue weighted by atomic mass is 32.1. The maximum Gasteiger partial charge on any atom is 0.0756 e. The Morgan fingerprint density at radius 2 is 2.35 bits per heavy atom. The molecule has 0 aliphatic heterocycles. The summed E-state index contributed by atoms with van der Waals surface area (Å²) in [7, 11) is 0. The van der Waals surface area contributed by atoms with Crippen molar-refractivity contribution in [3.05, 3.63) is 46.7 Å². The first-order chi connectivity index (χ1) is 8.40. The summed E-state index contributed by atoms with van der Waals surface area (Å²) in [4.78, 5) is 9.94. The highest BCUT2D eigenvalue weighted by molar-refractivity contribution is 7.09. The molecule has 2 rings (SSSR count). The molecule has 1 unspecified atom stereocenters. The van der Waals surface area contributed by atoms with E-state index in [1.165, 1.54) is 4.88 Å². The molecule has 0 spiro atoms. The van der Waals surface area contributed by atoms with Crippen molar-refractivity contribution in [2.45, 2.75) is 25.8 Å². The summed E-state index contributed by atoms with van der Waals surface area (Å²) in [5.74, 6) is 0. The summed E-state index contributed by atoms with van der Waals surface area (Å²) in [5, 5.41) is 5.59. The van der Waals surface area contributed by atoms with Crippen LogP contribution in [0.4, 0.5) is 0 Å². The molecule has 90 valence electrons. The zero-order valence-corrected chi connectivity index (χ0v) is 10.8. The number of thiophene rings is 1. The van der Waals surface area contributed by atoms with E-state index in [4.69, 9.17) is 0 Å². The Hall–Kier alpha value is -1.26. The van der Waals surface area contributed by atoms with E-state index >= 15 is 0 Å². The van der Waals surface area contributed by atoms with E-state index in [1.807, 2.05) is 17.5 Å². The SMILES string of the molecule is CCNC(CCc1cccs1)c1cnccn1. The Bertz CT molecular complexity index is 413. The molecule has 0 fully saturated rings. The normalized spacial score (nSPS) is 12.5. The first kappa shape index (κ1) is 12.2. The molecule has 2 aromatic rings. The minimum absolute atomic E-state index is 0.302. The monoisotopic (exact) mass is 247 g/mol. The molecule has 1 atom stereocenters. The van der Waals surface area contributed by atoms with E-state index < -0.39 is 0 Å². The highest BCUT2D eigenvalue weighted by Gasteiger charge is 2.11. The molecule has 0 radical (unpaired) electrons. The Morgan fingerprint density at radius 1 is 1.41 bits per heavy atom. The number of nitrogens with one attached hydrogen (secondary N) is 1. The van der Waals surface area contributed by atoms with Gasteiger partial charge in [0.1, 0.15) is 0 Å². The second-order valence-corrected chi connectivity index (χ2v) is 4.89. The molecule has 0 aromatic carbocycles. The maximum atomic E-state index is 4.38. The minimum atomic E-state index is 0.302. The molecule has 0 saturated heterocycles. The van der Waals surface area contributed by atoms with E-state index in [-0.39, 0.29) is 0 Å². The van der Waals surface area contributed by atoms with E-state index in [0.29, 0.717) is 6.04 Å². The van der Waals surface area contributed by atoms with Crippen LogP contribution in [-0.4, -0.2) is 16.5 Å². The third-order valence-electron chi connectivity index (χ3n) is 2.65. The summed E-state index contributed by atoms with van der Waals surface area (Å²) < 4.78 is 0. The minimum Gasteiger partial charge on any atom is -0.309 e. The number of aromatic nitrogens is 2. The molecular formula is C13H17N3S. The molecule has 4 heteroatoms. The molecule has 0 bridgehead atoms. The van der Waals surface area contributed by atoms with Gasteiger partial charge < -0.3 is 5.32 Å². The van der Waals surface area contributed by atoms with Crippen LogP contribution in [0.3, 0.4) is 0 Å². The highest BCUT2D eigenvalue weighted by Crippen LogP contribution is 2.18. The van der Waals surface area contributed by atoms with Crippen molar-refractivity contribution in [2.24, 2.45) is 0 Å². The predicted octanol–water partition coefficient (Wildman–Crippen LogP) is 2.82. The first-order valence-electron chi connectivity index (χ1n) is 5.92. The lowest BCUT2D eigenvalue weighted by molar-refractivity contribution is 0.503. The third-order valence-corrected chi connectivity index (χ3v) is 3.59. The van der Waals surface area contributed by atoms with Gasteiger partial charge in [-0.2, -0.15) is 0 Å². The van der Waals surface area contributed by atoms with Crippen LogP contribution in [-0.2, 0) is 6.42 Å². The van der Waals surface area contributed by atoms with Crippen LogP contribution in [0.2, 0.25) is 0 Å². The number of aryl methyl sites for hydroxylation is 1. The van der Waals surface area contributed by atoms with Crippen molar-refractivity contribution >= 4 is 11.3 Å². The van der Waals surface area contributed by atoms with Crippen LogP contribution in [0.5, 0.6) is 0 Å². The van der Waals surface area contributed by atoms with Crippen molar-refractivity contribution < 1.29 is 0 Å². The number of hydrogen-bond acceptors (Lipinski definition) is 4. The van der Waals surface area contributed by atoms with E-state index in [2.05, 4.69) is 39.7 Å². The van der Waals surface area contributed by atoms with Gasteiger partial charge in [-0.15, -0.1) is 11.3 Å². The molecule has 17 heavy (non-hydrogen) atoms. The van der Waals surface area contributed by atoms with Crippen LogP contribution < -0.4 is 5.32 Å². The molecule has 0 saturated carbocycles. The molecule has 0 amide bonds. The average molecular weight is 247 g/mol. The number of hydrogen-bond donors (Lipinski definition) is 1. The summed E-state index contributed by atoms with van der Waals surface area (Å²) in [5.41, 5.74) is 1.03. The fourth-order valence-electron chi connectivity index (χ4n) is 1.83. The lowest BCUT2D eigenvalue weighted by Gasteiger charge is -2.16. The topological polar surface area (TPSA) is 37.8 Å². The van der Waals surface area contributed by atoms with Gasteiger partial charge in [-0.25, -0.2) is 0 Å². The van der Waals surface area contributed by atoms with Gasteiger partial charge in [-0.3, -0.25) is 9.97 Å². The van der Waals surface area contributed by atoms with Gasteiger partial charge in [-0.1, -0.05) is 13.0 Å². The predicted molar refractivity (Wildman–Crippen MR) is 71.1 cm³/mol. The molecule has 0 aliphatic carbocycles. The van der Waals surface area contributed by atoms with Gasteiger partial charge in [0, 0.05) is 23.5 Å². The van der Waals surface area contributed by atoms with Crippen molar-refractivity contribution in [1.29, 1.82) is 0 Å². The first-order valence-corrected chi connectivity index (χ1v) is 6.79. The van der Waals surface area contributed by atoms with Gasteiger partial charge >= 0.3 is 0 Å². The largest absolute Gasteiger partial charge is 0.309 e. The van der Waals surface area contributed by atoms with Crippen LogP contribution >= 0.6 is 11.3 Å². The van der Waals surface area contributed by atoms with Crippen molar-refractivity contribution in [1.82, 2.24) is 15.3 Å². The Labute approximate surface area is 106 Å². The zero-order valence-electron chi connectivity index (χ0n) is 9.97.